The second-order valence-corrected chi connectivity index (χ2v) is 8.09. The molecule has 0 aliphatic heterocycles. The molecule has 0 radical (unpaired) electrons. The Labute approximate surface area is 165 Å². The van der Waals surface area contributed by atoms with Gasteiger partial charge in [0.25, 0.3) is 0 Å². The number of carbonyl (C=O) groups excluding carboxylic acids is 1. The Morgan fingerprint density at radius 1 is 1.15 bits per heavy atom. The number of benzene rings is 2. The lowest BCUT2D eigenvalue weighted by Gasteiger charge is -2.08. The van der Waals surface area contributed by atoms with Gasteiger partial charge in [-0.25, -0.2) is 4.39 Å². The zero-order valence-electron chi connectivity index (χ0n) is 14.0. The number of aryl methyl sites for hydroxylation is 1. The molecule has 0 amide bonds. The number of hydrogen-bond donors (Lipinski definition) is 0. The van der Waals surface area contributed by atoms with Gasteiger partial charge < -0.3 is 0 Å². The van der Waals surface area contributed by atoms with E-state index in [4.69, 9.17) is 11.6 Å². The highest BCUT2D eigenvalue weighted by molar-refractivity contribution is 8.03. The third kappa shape index (κ3) is 4.64. The Kier molecular flexibility index (Phi) is 6.30. The molecule has 0 bridgehead atoms. The standard InChI is InChI=1S/C21H16ClFOS2/c1-14-10-11-25-19(14)12-20(21(24)15-6-8-17(22)9-7-15)26-13-16-4-2-3-5-18(16)23/h2-12H,13H2,1H3/b20-12+. The lowest BCUT2D eigenvalue weighted by Crippen LogP contribution is -2.01. The number of hydrogen-bond acceptors (Lipinski definition) is 3. The molecule has 1 aromatic heterocycles. The number of Topliss-reactive ketones (excluding diaryl/α,β-unsaturated/α-hetero) is 1. The molecule has 0 unspecified atom stereocenters. The van der Waals surface area contributed by atoms with Crippen molar-refractivity contribution in [2.24, 2.45) is 0 Å². The molecule has 3 rings (SSSR count). The summed E-state index contributed by atoms with van der Waals surface area (Å²) in [6.07, 6.45) is 1.89. The first-order valence-electron chi connectivity index (χ1n) is 7.97. The molecule has 26 heavy (non-hydrogen) atoms. The molecular weight excluding hydrogens is 387 g/mol. The number of allylic oxidation sites excluding steroid dienone is 1. The van der Waals surface area contributed by atoms with Crippen LogP contribution in [-0.2, 0) is 5.75 Å². The number of ketones is 1. The van der Waals surface area contributed by atoms with Crippen LogP contribution in [0.25, 0.3) is 6.08 Å². The van der Waals surface area contributed by atoms with Crippen molar-refractivity contribution in [2.75, 3.05) is 0 Å². The highest BCUT2D eigenvalue weighted by atomic mass is 35.5. The van der Waals surface area contributed by atoms with Crippen LogP contribution >= 0.6 is 34.7 Å². The summed E-state index contributed by atoms with van der Waals surface area (Å²) in [5.41, 5.74) is 2.26. The fourth-order valence-electron chi connectivity index (χ4n) is 2.34. The van der Waals surface area contributed by atoms with Crippen LogP contribution in [0.3, 0.4) is 0 Å². The molecule has 132 valence electrons. The number of thiophene rings is 1. The Morgan fingerprint density at radius 2 is 1.88 bits per heavy atom. The Balaban J connectivity index is 1.90. The maximum absolute atomic E-state index is 13.9. The first-order valence-corrected chi connectivity index (χ1v) is 10.2. The summed E-state index contributed by atoms with van der Waals surface area (Å²) < 4.78 is 13.9. The second-order valence-electron chi connectivity index (χ2n) is 5.69. The van der Waals surface area contributed by atoms with Crippen LogP contribution < -0.4 is 0 Å². The molecular formula is C21H16ClFOS2. The van der Waals surface area contributed by atoms with Crippen molar-refractivity contribution in [3.05, 3.63) is 97.3 Å². The van der Waals surface area contributed by atoms with Gasteiger partial charge in [0, 0.05) is 21.2 Å². The highest BCUT2D eigenvalue weighted by Crippen LogP contribution is 2.30. The largest absolute Gasteiger partial charge is 0.288 e. The molecule has 0 saturated carbocycles. The monoisotopic (exact) mass is 402 g/mol. The van der Waals surface area contributed by atoms with Crippen LogP contribution in [-0.4, -0.2) is 5.78 Å². The lowest BCUT2D eigenvalue weighted by atomic mass is 10.1. The lowest BCUT2D eigenvalue weighted by molar-refractivity contribution is 0.104. The van der Waals surface area contributed by atoms with Crippen LogP contribution in [0.1, 0.15) is 26.4 Å². The van der Waals surface area contributed by atoms with E-state index in [1.807, 2.05) is 24.4 Å². The van der Waals surface area contributed by atoms with Crippen molar-refractivity contribution in [2.45, 2.75) is 12.7 Å². The summed E-state index contributed by atoms with van der Waals surface area (Å²) in [5.74, 6) is 0.0452. The minimum atomic E-state index is -0.259. The van der Waals surface area contributed by atoms with Crippen molar-refractivity contribution in [3.63, 3.8) is 0 Å². The van der Waals surface area contributed by atoms with E-state index < -0.39 is 0 Å². The van der Waals surface area contributed by atoms with Crippen LogP contribution in [0.5, 0.6) is 0 Å². The number of halogens is 2. The van der Waals surface area contributed by atoms with Gasteiger partial charge in [0.15, 0.2) is 5.78 Å². The molecule has 0 spiro atoms. The van der Waals surface area contributed by atoms with Gasteiger partial charge in [-0.3, -0.25) is 4.79 Å². The van der Waals surface area contributed by atoms with E-state index in [1.54, 1.807) is 53.8 Å². The average Bonchev–Trinajstić information content (AvgIpc) is 3.04. The van der Waals surface area contributed by atoms with E-state index in [9.17, 15) is 9.18 Å². The zero-order valence-corrected chi connectivity index (χ0v) is 16.4. The van der Waals surface area contributed by atoms with Gasteiger partial charge in [-0.15, -0.1) is 23.1 Å². The van der Waals surface area contributed by atoms with E-state index in [-0.39, 0.29) is 11.6 Å². The average molecular weight is 403 g/mol. The Morgan fingerprint density at radius 3 is 2.54 bits per heavy atom. The van der Waals surface area contributed by atoms with Crippen molar-refractivity contribution in [3.8, 4) is 0 Å². The van der Waals surface area contributed by atoms with Gasteiger partial charge in [0.1, 0.15) is 5.82 Å². The molecule has 1 heterocycles. The summed E-state index contributed by atoms with van der Waals surface area (Å²) in [6, 6.07) is 15.5. The first kappa shape index (κ1) is 18.9. The predicted octanol–water partition coefficient (Wildman–Crippen LogP) is 7.01. The SMILES string of the molecule is Cc1ccsc1/C=C(/SCc1ccccc1F)C(=O)c1ccc(Cl)cc1. The molecule has 0 aliphatic rings. The highest BCUT2D eigenvalue weighted by Gasteiger charge is 2.15. The summed E-state index contributed by atoms with van der Waals surface area (Å²) in [6.45, 7) is 2.01. The van der Waals surface area contributed by atoms with Gasteiger partial charge in [-0.05, 0) is 65.9 Å². The van der Waals surface area contributed by atoms with Gasteiger partial charge in [0.05, 0.1) is 4.91 Å². The Hall–Kier alpha value is -1.88. The molecule has 0 aliphatic carbocycles. The third-order valence-electron chi connectivity index (χ3n) is 3.84. The topological polar surface area (TPSA) is 17.1 Å². The minimum Gasteiger partial charge on any atom is -0.288 e. The van der Waals surface area contributed by atoms with Crippen molar-refractivity contribution in [1.29, 1.82) is 0 Å². The van der Waals surface area contributed by atoms with Crippen LogP contribution in [0.2, 0.25) is 5.02 Å². The van der Waals surface area contributed by atoms with E-state index in [0.717, 1.165) is 10.4 Å². The van der Waals surface area contributed by atoms with Crippen LogP contribution in [0.15, 0.2) is 64.9 Å². The summed E-state index contributed by atoms with van der Waals surface area (Å²) in [4.78, 5) is 14.6. The normalized spacial score (nSPS) is 11.6. The minimum absolute atomic E-state index is 0.0872. The van der Waals surface area contributed by atoms with Gasteiger partial charge in [-0.1, -0.05) is 29.8 Å². The molecule has 5 heteroatoms. The first-order chi connectivity index (χ1) is 12.5. The Bertz CT molecular complexity index is 945. The zero-order chi connectivity index (χ0) is 18.5. The molecule has 1 nitrogen and oxygen atoms in total. The van der Waals surface area contributed by atoms with Crippen molar-refractivity contribution in [1.82, 2.24) is 0 Å². The van der Waals surface area contributed by atoms with E-state index in [0.29, 0.717) is 26.8 Å². The fourth-order valence-corrected chi connectivity index (χ4v) is 4.39. The molecule has 2 aromatic carbocycles. The van der Waals surface area contributed by atoms with Gasteiger partial charge in [-0.2, -0.15) is 0 Å². The summed E-state index contributed by atoms with van der Waals surface area (Å²) in [7, 11) is 0. The van der Waals surface area contributed by atoms with E-state index in [1.165, 1.54) is 17.8 Å². The van der Waals surface area contributed by atoms with Crippen LogP contribution in [0.4, 0.5) is 4.39 Å². The fraction of sp³-hybridized carbons (Fsp3) is 0.0952. The number of rotatable bonds is 6. The predicted molar refractivity (Wildman–Crippen MR) is 111 cm³/mol. The molecule has 3 aromatic rings. The van der Waals surface area contributed by atoms with E-state index >= 15 is 0 Å². The number of thioether (sulfide) groups is 1. The smallest absolute Gasteiger partial charge is 0.199 e. The van der Waals surface area contributed by atoms with Gasteiger partial charge >= 0.3 is 0 Å². The van der Waals surface area contributed by atoms with Gasteiger partial charge in [0.2, 0.25) is 0 Å². The maximum Gasteiger partial charge on any atom is 0.199 e. The maximum atomic E-state index is 13.9. The molecule has 0 saturated heterocycles. The second kappa shape index (κ2) is 8.67. The van der Waals surface area contributed by atoms with Crippen molar-refractivity contribution < 1.29 is 9.18 Å². The molecule has 0 atom stereocenters. The molecule has 0 fully saturated rings. The third-order valence-corrected chi connectivity index (χ3v) is 6.12. The van der Waals surface area contributed by atoms with Crippen LogP contribution in [0, 0.1) is 12.7 Å². The summed E-state index contributed by atoms with van der Waals surface area (Å²) >= 11 is 8.85. The quantitative estimate of drug-likeness (QED) is 0.326. The molecule has 0 N–H and O–H groups in total. The van der Waals surface area contributed by atoms with E-state index in [2.05, 4.69) is 0 Å². The number of carbonyl (C=O) groups is 1. The van der Waals surface area contributed by atoms with Crippen molar-refractivity contribution >= 4 is 46.6 Å². The summed E-state index contributed by atoms with van der Waals surface area (Å²) in [5, 5.41) is 2.58.